The van der Waals surface area contributed by atoms with Crippen LogP contribution in [0.3, 0.4) is 0 Å². The summed E-state index contributed by atoms with van der Waals surface area (Å²) in [6, 6.07) is 52.3. The van der Waals surface area contributed by atoms with Crippen LogP contribution in [0.1, 0.15) is 61.3 Å². The van der Waals surface area contributed by atoms with Crippen LogP contribution in [0.25, 0.3) is 34.2 Å². The molecule has 0 radical (unpaired) electrons. The van der Waals surface area contributed by atoms with Gasteiger partial charge in [-0.05, 0) is 83.2 Å². The molecule has 64 heavy (non-hydrogen) atoms. The van der Waals surface area contributed by atoms with Crippen LogP contribution >= 0.6 is 0 Å². The van der Waals surface area contributed by atoms with E-state index in [-0.39, 0.29) is 21.1 Å². The van der Waals surface area contributed by atoms with Crippen LogP contribution in [0.15, 0.2) is 183 Å². The van der Waals surface area contributed by atoms with Gasteiger partial charge in [-0.25, -0.2) is 0 Å². The Morgan fingerprint density at radius 1 is 0.406 bits per heavy atom. The zero-order valence-corrected chi connectivity index (χ0v) is 36.4. The van der Waals surface area contributed by atoms with Gasteiger partial charge in [0.2, 0.25) is 6.33 Å². The van der Waals surface area contributed by atoms with Gasteiger partial charge in [0.15, 0.2) is 0 Å². The average Bonchev–Trinajstić information content (AvgIpc) is 4.09. The fourth-order valence-electron chi connectivity index (χ4n) is 10.9. The molecule has 0 spiro atoms. The molecule has 8 heterocycles. The second-order valence-corrected chi connectivity index (χ2v) is 16.2. The molecule has 0 bridgehead atoms. The van der Waals surface area contributed by atoms with Crippen LogP contribution in [0.5, 0.6) is 0 Å². The molecule has 3 aliphatic carbocycles. The van der Waals surface area contributed by atoms with Gasteiger partial charge in [-0.2, -0.15) is 48.5 Å². The molecule has 0 saturated heterocycles. The summed E-state index contributed by atoms with van der Waals surface area (Å²) in [5, 5.41) is 0. The molecule has 0 fully saturated rings. The molecular weight excluding hydrogens is 970 g/mol. The third-order valence-corrected chi connectivity index (χ3v) is 13.2. The zero-order chi connectivity index (χ0) is 41.8. The van der Waals surface area contributed by atoms with Crippen molar-refractivity contribution in [1.82, 2.24) is 39.5 Å². The molecule has 9 nitrogen and oxygen atoms in total. The number of hydrogen-bond acceptors (Lipinski definition) is 7. The van der Waals surface area contributed by atoms with Crippen molar-refractivity contribution in [3.8, 4) is 34.2 Å². The first kappa shape index (κ1) is 38.1. The van der Waals surface area contributed by atoms with Crippen molar-refractivity contribution in [3.63, 3.8) is 0 Å². The van der Waals surface area contributed by atoms with E-state index in [2.05, 4.69) is 108 Å². The van der Waals surface area contributed by atoms with Gasteiger partial charge in [-0.3, -0.25) is 34.9 Å². The predicted octanol–water partition coefficient (Wildman–Crippen LogP) is 8.02. The summed E-state index contributed by atoms with van der Waals surface area (Å²) in [4.78, 5) is 34.9. The smallest absolute Gasteiger partial charge is 0.204 e. The summed E-state index contributed by atoms with van der Waals surface area (Å²) < 4.78 is 4.09. The third kappa shape index (κ3) is 4.82. The summed E-state index contributed by atoms with van der Waals surface area (Å²) in [5.41, 5.74) is 12.7. The van der Waals surface area contributed by atoms with Crippen LogP contribution < -0.4 is 4.57 Å². The van der Waals surface area contributed by atoms with E-state index in [0.29, 0.717) is 0 Å². The number of imidazole rings is 1. The Morgan fingerprint density at radius 2 is 0.797 bits per heavy atom. The quantitative estimate of drug-likeness (QED) is 0.123. The molecule has 2 aromatic carbocycles. The normalized spacial score (nSPS) is 14.9. The van der Waals surface area contributed by atoms with Crippen LogP contribution in [0, 0.1) is 18.5 Å². The van der Waals surface area contributed by atoms with Gasteiger partial charge in [0.1, 0.15) is 5.54 Å². The molecule has 0 unspecified atom stereocenters. The Morgan fingerprint density at radius 3 is 1.23 bits per heavy atom. The Hall–Kier alpha value is -7.61. The van der Waals surface area contributed by atoms with Crippen LogP contribution in [-0.4, -0.2) is 39.5 Å². The average molecular weight is 1000 g/mol. The molecule has 306 valence electrons. The maximum absolute atomic E-state index is 5.09. The van der Waals surface area contributed by atoms with Crippen LogP contribution in [-0.2, 0) is 44.5 Å². The molecule has 0 atom stereocenters. The second-order valence-electron chi connectivity index (χ2n) is 16.2. The number of fused-ring (bicyclic) bond motifs is 9. The van der Waals surface area contributed by atoms with Gasteiger partial charge in [-0.15, -0.1) is 22.3 Å². The molecule has 0 saturated carbocycles. The number of aromatic nitrogens is 9. The fourth-order valence-corrected chi connectivity index (χ4v) is 10.9. The summed E-state index contributed by atoms with van der Waals surface area (Å²) in [6.07, 6.45) is 20.6. The van der Waals surface area contributed by atoms with Gasteiger partial charge in [0, 0.05) is 81.0 Å². The number of pyridine rings is 7. The molecule has 13 rings (SSSR count). The summed E-state index contributed by atoms with van der Waals surface area (Å²) >= 11 is 0. The van der Waals surface area contributed by atoms with E-state index in [9.17, 15) is 0 Å². The van der Waals surface area contributed by atoms with E-state index in [4.69, 9.17) is 34.9 Å². The molecule has 8 aromatic heterocycles. The summed E-state index contributed by atoms with van der Waals surface area (Å²) in [7, 11) is 1.99. The van der Waals surface area contributed by atoms with Crippen molar-refractivity contribution in [3.05, 3.63) is 263 Å². The molecular formula is C54H33N9Pt-2. The molecule has 0 amide bonds. The minimum absolute atomic E-state index is 0. The van der Waals surface area contributed by atoms with Gasteiger partial charge < -0.3 is 9.13 Å². The molecule has 10 aromatic rings. The van der Waals surface area contributed by atoms with Crippen molar-refractivity contribution in [2.45, 2.75) is 16.4 Å². The first-order chi connectivity index (χ1) is 31.2. The van der Waals surface area contributed by atoms with E-state index < -0.39 is 16.4 Å². The molecule has 3 aliphatic rings. The van der Waals surface area contributed by atoms with Crippen molar-refractivity contribution < 1.29 is 25.6 Å². The van der Waals surface area contributed by atoms with E-state index >= 15 is 0 Å². The minimum Gasteiger partial charge on any atom is -0.354 e. The topological polar surface area (TPSA) is 99.0 Å². The minimum atomic E-state index is -0.973. The van der Waals surface area contributed by atoms with Crippen LogP contribution in [0.2, 0.25) is 0 Å². The fraction of sp³-hybridized carbons (Fsp3) is 0.0741. The molecule has 0 aliphatic heterocycles. The number of hydrogen-bond donors (Lipinski definition) is 0. The first-order valence-corrected chi connectivity index (χ1v) is 20.8. The Labute approximate surface area is 383 Å². The van der Waals surface area contributed by atoms with Crippen molar-refractivity contribution in [2.24, 2.45) is 7.05 Å². The third-order valence-electron chi connectivity index (χ3n) is 13.2. The predicted molar refractivity (Wildman–Crippen MR) is 235 cm³/mol. The standard InChI is InChI=1S/C54H33N9.Pt/c1-62-30-31-63(34-62)54(43-20-10-28-60-50(43)51-44(54)21-11-29-61-51)38-15-5-13-36(33-38)52(39-16-6-24-56-46(39)47-40(52)17-7-25-57-47)35-12-4-14-37(32-35)53(45-22-2-3-23-55-45)41-18-8-26-58-48(41)49-42(53)19-9-27-59-49;/h2-31H,1H3;/q-2;. The number of aryl methyl sites for hydroxylation is 1. The number of nitrogens with zero attached hydrogens (tertiary/aromatic N) is 9. The van der Waals surface area contributed by atoms with E-state index in [1.165, 1.54) is 0 Å². The number of rotatable bonds is 6. The monoisotopic (exact) mass is 1000 g/mol. The van der Waals surface area contributed by atoms with Crippen molar-refractivity contribution >= 4 is 0 Å². The largest absolute Gasteiger partial charge is 0.354 e. The second kappa shape index (κ2) is 14.2. The van der Waals surface area contributed by atoms with E-state index in [0.717, 1.165) is 95.5 Å². The summed E-state index contributed by atoms with van der Waals surface area (Å²) in [6.45, 7) is 0. The number of benzene rings is 2. The van der Waals surface area contributed by atoms with Gasteiger partial charge in [-0.1, -0.05) is 42.5 Å². The Bertz CT molecular complexity index is 3340. The van der Waals surface area contributed by atoms with E-state index in [1.54, 1.807) is 0 Å². The SMILES string of the molecule is C[n+]1[c-]n(C2(c3[c-]c(C4(c5[c-]c(C6(c7ccccn7)c7cccnc7-c7ncccc76)ccc5)c5cccnc5-c5ncccc54)ccc3)c3cccnc3-c3ncccc32)cc1.[Pt]. The van der Waals surface area contributed by atoms with Gasteiger partial charge >= 0.3 is 0 Å². The summed E-state index contributed by atoms with van der Waals surface area (Å²) in [5.74, 6) is 0. The zero-order valence-electron chi connectivity index (χ0n) is 34.2. The van der Waals surface area contributed by atoms with Crippen LogP contribution in [0.4, 0.5) is 0 Å². The Kier molecular flexibility index (Phi) is 8.46. The Balaban J connectivity index is 0.00000433. The first-order valence-electron chi connectivity index (χ1n) is 20.8. The maximum Gasteiger partial charge on any atom is 0.204 e. The van der Waals surface area contributed by atoms with Crippen molar-refractivity contribution in [2.75, 3.05) is 0 Å². The van der Waals surface area contributed by atoms with Gasteiger partial charge in [0.05, 0.1) is 52.3 Å². The maximum atomic E-state index is 5.09. The van der Waals surface area contributed by atoms with Gasteiger partial charge in [0.25, 0.3) is 0 Å². The van der Waals surface area contributed by atoms with Crippen molar-refractivity contribution in [1.29, 1.82) is 0 Å². The molecule has 0 N–H and O–H groups in total. The molecule has 10 heteroatoms. The van der Waals surface area contributed by atoms with E-state index in [1.807, 2.05) is 110 Å².